The van der Waals surface area contributed by atoms with Crippen LogP contribution in [0.4, 0.5) is 0 Å². The highest BCUT2D eigenvalue weighted by atomic mass is 31.2. The van der Waals surface area contributed by atoms with Gasteiger partial charge in [-0.2, -0.15) is 0 Å². The normalized spacial score (nSPS) is 14.1. The Kier molecular flexibility index (Phi) is 9.91. The molecule has 4 rings (SSSR count). The second kappa shape index (κ2) is 13.5. The van der Waals surface area contributed by atoms with Gasteiger partial charge in [0.2, 0.25) is 0 Å². The summed E-state index contributed by atoms with van der Waals surface area (Å²) >= 11 is 0. The molecule has 0 fully saturated rings. The van der Waals surface area contributed by atoms with E-state index in [4.69, 9.17) is 4.74 Å². The molecular formula is C33H37O3P. The summed E-state index contributed by atoms with van der Waals surface area (Å²) in [7, 11) is -3.27. The van der Waals surface area contributed by atoms with E-state index in [1.165, 1.54) is 0 Å². The van der Waals surface area contributed by atoms with Gasteiger partial charge in [-0.25, -0.2) is 0 Å². The van der Waals surface area contributed by atoms with E-state index < -0.39 is 18.9 Å². The minimum Gasteiger partial charge on any atom is -0.388 e. The Morgan fingerprint density at radius 3 is 1.73 bits per heavy atom. The molecule has 0 spiro atoms. The minimum absolute atomic E-state index is 0.135. The predicted octanol–water partition coefficient (Wildman–Crippen LogP) is 7.27. The highest BCUT2D eigenvalue weighted by molar-refractivity contribution is 7.79. The molecule has 0 amide bonds. The van der Waals surface area contributed by atoms with E-state index in [1.54, 1.807) is 0 Å². The van der Waals surface area contributed by atoms with Gasteiger partial charge in [-0.3, -0.25) is 0 Å². The maximum atomic E-state index is 15.4. The van der Waals surface area contributed by atoms with Crippen LogP contribution < -0.4 is 10.6 Å². The van der Waals surface area contributed by atoms with Gasteiger partial charge in [0, 0.05) is 10.6 Å². The van der Waals surface area contributed by atoms with Crippen LogP contribution in [0.1, 0.15) is 49.8 Å². The molecule has 3 nitrogen and oxygen atoms in total. The van der Waals surface area contributed by atoms with Crippen LogP contribution in [0.3, 0.4) is 0 Å². The fraction of sp³-hybridized carbons (Fsp3) is 0.273. The van der Waals surface area contributed by atoms with Gasteiger partial charge in [-0.05, 0) is 24.0 Å². The first-order valence-corrected chi connectivity index (χ1v) is 15.0. The van der Waals surface area contributed by atoms with Crippen molar-refractivity contribution in [3.8, 4) is 0 Å². The molecule has 0 saturated heterocycles. The maximum absolute atomic E-state index is 15.4. The lowest BCUT2D eigenvalue weighted by Gasteiger charge is -2.35. The Balaban J connectivity index is 1.76. The largest absolute Gasteiger partial charge is 0.388 e. The van der Waals surface area contributed by atoms with E-state index in [9.17, 15) is 5.11 Å². The summed E-state index contributed by atoms with van der Waals surface area (Å²) < 4.78 is 21.9. The molecule has 4 aromatic rings. The number of ether oxygens (including phenoxy) is 1. The topological polar surface area (TPSA) is 46.5 Å². The van der Waals surface area contributed by atoms with E-state index in [1.807, 2.05) is 109 Å². The van der Waals surface area contributed by atoms with E-state index in [0.29, 0.717) is 13.0 Å². The molecule has 192 valence electrons. The van der Waals surface area contributed by atoms with Gasteiger partial charge in [-0.15, -0.1) is 0 Å². The van der Waals surface area contributed by atoms with Gasteiger partial charge in [0.25, 0.3) is 0 Å². The first kappa shape index (κ1) is 27.1. The van der Waals surface area contributed by atoms with E-state index in [-0.39, 0.29) is 6.10 Å². The van der Waals surface area contributed by atoms with E-state index in [0.717, 1.165) is 41.0 Å². The third-order valence-corrected chi connectivity index (χ3v) is 10.5. The Labute approximate surface area is 221 Å². The summed E-state index contributed by atoms with van der Waals surface area (Å²) in [5.41, 5.74) is 1.34. The predicted molar refractivity (Wildman–Crippen MR) is 154 cm³/mol. The van der Waals surface area contributed by atoms with Crippen molar-refractivity contribution in [3.05, 3.63) is 132 Å². The molecule has 0 bridgehead atoms. The molecule has 1 N–H and O–H groups in total. The van der Waals surface area contributed by atoms with Crippen molar-refractivity contribution >= 4 is 17.8 Å². The third kappa shape index (κ3) is 6.87. The summed E-state index contributed by atoms with van der Waals surface area (Å²) in [5.74, 6) is 0. The number of aliphatic hydroxyl groups excluding tert-OH is 1. The molecular weight excluding hydrogens is 475 g/mol. The monoisotopic (exact) mass is 512 g/mol. The first-order valence-electron chi connectivity index (χ1n) is 13.2. The van der Waals surface area contributed by atoms with Crippen molar-refractivity contribution < 1.29 is 14.4 Å². The second-order valence-electron chi connectivity index (χ2n) is 9.55. The summed E-state index contributed by atoms with van der Waals surface area (Å²) in [5, 5.41) is 13.4. The SMILES string of the molecule is CCCC[C@@H](C[C@H]([C@H](O)c1ccccc1)P(=O)(c1ccccc1)c1ccccc1)OCc1ccccc1. The van der Waals surface area contributed by atoms with Crippen molar-refractivity contribution in [2.75, 3.05) is 0 Å². The molecule has 0 aliphatic carbocycles. The number of rotatable bonds is 13. The number of hydrogen-bond acceptors (Lipinski definition) is 3. The molecule has 37 heavy (non-hydrogen) atoms. The highest BCUT2D eigenvalue weighted by Crippen LogP contribution is 2.55. The van der Waals surface area contributed by atoms with Crippen molar-refractivity contribution in [2.45, 2.75) is 57.1 Å². The van der Waals surface area contributed by atoms with Crippen LogP contribution in [-0.2, 0) is 15.9 Å². The van der Waals surface area contributed by atoms with Crippen LogP contribution in [0.5, 0.6) is 0 Å². The van der Waals surface area contributed by atoms with Gasteiger partial charge >= 0.3 is 0 Å². The Morgan fingerprint density at radius 2 is 1.22 bits per heavy atom. The lowest BCUT2D eigenvalue weighted by atomic mass is 9.99. The van der Waals surface area contributed by atoms with Crippen LogP contribution >= 0.6 is 7.14 Å². The molecule has 0 heterocycles. The van der Waals surface area contributed by atoms with E-state index in [2.05, 4.69) is 19.1 Å². The smallest absolute Gasteiger partial charge is 0.149 e. The van der Waals surface area contributed by atoms with Gasteiger partial charge in [0.1, 0.15) is 7.14 Å². The van der Waals surface area contributed by atoms with Gasteiger partial charge in [-0.1, -0.05) is 141 Å². The average Bonchev–Trinajstić information content (AvgIpc) is 2.98. The van der Waals surface area contributed by atoms with Gasteiger partial charge in [0.05, 0.1) is 24.5 Å². The Bertz CT molecular complexity index is 1190. The number of benzene rings is 4. The summed E-state index contributed by atoms with van der Waals surface area (Å²) in [4.78, 5) is 0. The number of hydrogen-bond donors (Lipinski definition) is 1. The summed E-state index contributed by atoms with van der Waals surface area (Å²) in [6.45, 7) is 2.66. The standard InChI is InChI=1S/C33H37O3P/c1-2-3-20-29(36-26-27-16-8-4-9-17-27)25-32(33(34)28-18-10-5-11-19-28)37(35,30-21-12-6-13-22-30)31-23-14-7-15-24-31/h4-19,21-24,29,32-34H,2-3,20,25-26H2,1H3/t29-,32+,33+/m0/s1. The summed E-state index contributed by atoms with van der Waals surface area (Å²) in [6.07, 6.45) is 2.36. The lowest BCUT2D eigenvalue weighted by molar-refractivity contribution is 0.0185. The Hall–Kier alpha value is -2.97. The minimum atomic E-state index is -3.27. The molecule has 4 heteroatoms. The molecule has 0 aromatic heterocycles. The molecule has 4 aromatic carbocycles. The number of unbranched alkanes of at least 4 members (excludes halogenated alkanes) is 1. The van der Waals surface area contributed by atoms with Crippen LogP contribution in [-0.4, -0.2) is 16.9 Å². The summed E-state index contributed by atoms with van der Waals surface area (Å²) in [6, 6.07) is 39.1. The molecule has 0 aliphatic rings. The molecule has 3 atom stereocenters. The fourth-order valence-corrected chi connectivity index (χ4v) is 8.33. The molecule has 0 saturated carbocycles. The van der Waals surface area contributed by atoms with Gasteiger partial charge < -0.3 is 14.4 Å². The van der Waals surface area contributed by atoms with Crippen molar-refractivity contribution in [1.29, 1.82) is 0 Å². The lowest BCUT2D eigenvalue weighted by Crippen LogP contribution is -2.34. The molecule has 0 unspecified atom stereocenters. The zero-order valence-electron chi connectivity index (χ0n) is 21.5. The highest BCUT2D eigenvalue weighted by Gasteiger charge is 2.42. The quantitative estimate of drug-likeness (QED) is 0.192. The van der Waals surface area contributed by atoms with Crippen LogP contribution in [0.2, 0.25) is 0 Å². The zero-order valence-corrected chi connectivity index (χ0v) is 22.4. The molecule has 0 radical (unpaired) electrons. The van der Waals surface area contributed by atoms with Gasteiger partial charge in [0.15, 0.2) is 0 Å². The van der Waals surface area contributed by atoms with E-state index >= 15 is 4.57 Å². The van der Waals surface area contributed by atoms with Crippen molar-refractivity contribution in [1.82, 2.24) is 0 Å². The average molecular weight is 513 g/mol. The van der Waals surface area contributed by atoms with Crippen LogP contribution in [0.25, 0.3) is 0 Å². The first-order chi connectivity index (χ1) is 18.1. The van der Waals surface area contributed by atoms with Crippen LogP contribution in [0.15, 0.2) is 121 Å². The molecule has 0 aliphatic heterocycles. The second-order valence-corrected chi connectivity index (χ2v) is 12.6. The Morgan fingerprint density at radius 1 is 0.730 bits per heavy atom. The van der Waals surface area contributed by atoms with Crippen LogP contribution in [0, 0.1) is 0 Å². The number of aliphatic hydroxyl groups is 1. The maximum Gasteiger partial charge on any atom is 0.149 e. The van der Waals surface area contributed by atoms with Crippen molar-refractivity contribution in [2.24, 2.45) is 0 Å². The van der Waals surface area contributed by atoms with Crippen molar-refractivity contribution in [3.63, 3.8) is 0 Å². The fourth-order valence-electron chi connectivity index (χ4n) is 4.94. The third-order valence-electron chi connectivity index (χ3n) is 6.96. The zero-order chi connectivity index (χ0) is 25.9.